The van der Waals surface area contributed by atoms with Gasteiger partial charge in [-0.3, -0.25) is 4.79 Å². The van der Waals surface area contributed by atoms with E-state index in [9.17, 15) is 18.0 Å². The van der Waals surface area contributed by atoms with Crippen LogP contribution < -0.4 is 10.1 Å². The van der Waals surface area contributed by atoms with Gasteiger partial charge in [0.25, 0.3) is 0 Å². The summed E-state index contributed by atoms with van der Waals surface area (Å²) in [7, 11) is 0. The number of halogens is 3. The second-order valence-corrected chi connectivity index (χ2v) is 6.06. The van der Waals surface area contributed by atoms with E-state index in [1.54, 1.807) is 6.08 Å². The zero-order valence-electron chi connectivity index (χ0n) is 14.2. The molecule has 0 fully saturated rings. The number of ether oxygens (including phenoxy) is 1. The highest BCUT2D eigenvalue weighted by atomic mass is 19.4. The highest BCUT2D eigenvalue weighted by molar-refractivity contribution is 5.81. The van der Waals surface area contributed by atoms with Gasteiger partial charge >= 0.3 is 12.1 Å². The lowest BCUT2D eigenvalue weighted by Crippen LogP contribution is -2.36. The first-order valence-corrected chi connectivity index (χ1v) is 7.93. The molecule has 0 aliphatic carbocycles. The summed E-state index contributed by atoms with van der Waals surface area (Å²) in [6, 6.07) is 7.62. The summed E-state index contributed by atoms with van der Waals surface area (Å²) < 4.78 is 42.0. The van der Waals surface area contributed by atoms with Crippen LogP contribution in [0.5, 0.6) is 5.75 Å². The van der Waals surface area contributed by atoms with Gasteiger partial charge in [0, 0.05) is 12.0 Å². The van der Waals surface area contributed by atoms with Gasteiger partial charge in [0.2, 0.25) is 0 Å². The Morgan fingerprint density at radius 2 is 2.00 bits per heavy atom. The van der Waals surface area contributed by atoms with E-state index >= 15 is 0 Å². The Kier molecular flexibility index (Phi) is 7.32. The van der Waals surface area contributed by atoms with Gasteiger partial charge in [-0.25, -0.2) is 0 Å². The molecule has 0 aliphatic heterocycles. The lowest BCUT2D eigenvalue weighted by Gasteiger charge is -2.22. The number of unbranched alkanes of at least 4 members (excludes halogenated alkanes) is 1. The van der Waals surface area contributed by atoms with Gasteiger partial charge in [0.05, 0.1) is 6.61 Å². The van der Waals surface area contributed by atoms with E-state index in [2.05, 4.69) is 6.92 Å². The fourth-order valence-electron chi connectivity index (χ4n) is 2.02. The van der Waals surface area contributed by atoms with Crippen molar-refractivity contribution in [1.29, 1.82) is 0 Å². The Morgan fingerprint density at radius 1 is 1.29 bits per heavy atom. The molecule has 0 spiro atoms. The Balaban J connectivity index is 2.65. The summed E-state index contributed by atoms with van der Waals surface area (Å²) in [4.78, 5) is 10.7. The number of carbonyl (C=O) groups is 1. The second-order valence-electron chi connectivity index (χ2n) is 6.06. The minimum atomic E-state index is -4.85. The highest BCUT2D eigenvalue weighted by Gasteiger charge is 2.38. The molecule has 1 aromatic rings. The van der Waals surface area contributed by atoms with Crippen molar-refractivity contribution in [3.05, 3.63) is 42.0 Å². The molecular weight excluding hydrogens is 319 g/mol. The molecule has 0 heterocycles. The number of benzene rings is 1. The number of allylic oxidation sites excluding steroid dienone is 1. The Bertz CT molecular complexity index is 566. The second kappa shape index (κ2) is 8.76. The zero-order chi connectivity index (χ0) is 18.2. The summed E-state index contributed by atoms with van der Waals surface area (Å²) in [5.74, 6) is -1.16. The Labute approximate surface area is 140 Å². The smallest absolute Gasteiger partial charge is 0.471 e. The van der Waals surface area contributed by atoms with Gasteiger partial charge in [-0.05, 0) is 24.1 Å². The molecule has 1 amide bonds. The SMILES string of the molecule is CCCCOc1cccc(C(C)(C)/C=C/CNC(=O)C(F)(F)F)c1. The first-order valence-electron chi connectivity index (χ1n) is 7.93. The van der Waals surface area contributed by atoms with Crippen LogP contribution >= 0.6 is 0 Å². The molecular formula is C18H24F3NO2. The summed E-state index contributed by atoms with van der Waals surface area (Å²) in [5, 5.41) is 1.82. The third-order valence-electron chi connectivity index (χ3n) is 3.52. The van der Waals surface area contributed by atoms with Crippen LogP contribution in [-0.2, 0) is 10.2 Å². The number of rotatable bonds is 8. The third-order valence-corrected chi connectivity index (χ3v) is 3.52. The molecule has 1 N–H and O–H groups in total. The summed E-state index contributed by atoms with van der Waals surface area (Å²) in [6.45, 7) is 6.46. The average molecular weight is 343 g/mol. The quantitative estimate of drug-likeness (QED) is 0.562. The molecule has 24 heavy (non-hydrogen) atoms. The van der Waals surface area contributed by atoms with Gasteiger partial charge in [0.15, 0.2) is 0 Å². The summed E-state index contributed by atoms with van der Waals surface area (Å²) >= 11 is 0. The van der Waals surface area contributed by atoms with Crippen LogP contribution in [0.1, 0.15) is 39.2 Å². The number of amides is 1. The van der Waals surface area contributed by atoms with E-state index in [1.165, 1.54) is 6.08 Å². The topological polar surface area (TPSA) is 38.3 Å². The van der Waals surface area contributed by atoms with Crippen LogP contribution in [0.15, 0.2) is 36.4 Å². The molecule has 6 heteroatoms. The van der Waals surface area contributed by atoms with Crippen molar-refractivity contribution in [3.63, 3.8) is 0 Å². The van der Waals surface area contributed by atoms with Crippen LogP contribution in [0.4, 0.5) is 13.2 Å². The van der Waals surface area contributed by atoms with E-state index in [1.807, 2.05) is 43.4 Å². The normalized spacial score (nSPS) is 12.4. The molecule has 1 rings (SSSR count). The Morgan fingerprint density at radius 3 is 2.62 bits per heavy atom. The molecule has 0 unspecified atom stereocenters. The summed E-state index contributed by atoms with van der Waals surface area (Å²) in [5.41, 5.74) is 0.586. The van der Waals surface area contributed by atoms with Crippen molar-refractivity contribution in [3.8, 4) is 5.75 Å². The lowest BCUT2D eigenvalue weighted by atomic mass is 9.84. The molecule has 0 atom stereocenters. The molecule has 3 nitrogen and oxygen atoms in total. The first kappa shape index (κ1) is 20.1. The molecule has 0 aliphatic rings. The van der Waals surface area contributed by atoms with Gasteiger partial charge in [-0.1, -0.05) is 51.5 Å². The molecule has 1 aromatic carbocycles. The fourth-order valence-corrected chi connectivity index (χ4v) is 2.02. The highest BCUT2D eigenvalue weighted by Crippen LogP contribution is 2.27. The van der Waals surface area contributed by atoms with Gasteiger partial charge in [-0.15, -0.1) is 0 Å². The number of hydrogen-bond acceptors (Lipinski definition) is 2. The predicted molar refractivity (Wildman–Crippen MR) is 88.1 cm³/mol. The predicted octanol–water partition coefficient (Wildman–Crippen LogP) is 4.38. The van der Waals surface area contributed by atoms with Gasteiger partial charge in [-0.2, -0.15) is 13.2 Å². The van der Waals surface area contributed by atoms with Crippen molar-refractivity contribution >= 4 is 5.91 Å². The number of carbonyl (C=O) groups excluding carboxylic acids is 1. The van der Waals surface area contributed by atoms with Crippen molar-refractivity contribution in [2.24, 2.45) is 0 Å². The standard InChI is InChI=1S/C18H24F3NO2/c1-4-5-12-24-15-9-6-8-14(13-15)17(2,3)10-7-11-22-16(23)18(19,20)21/h6-10,13H,4-5,11-12H2,1-3H3,(H,22,23)/b10-7+. The Hall–Kier alpha value is -1.98. The summed E-state index contributed by atoms with van der Waals surface area (Å²) in [6.07, 6.45) is 0.473. The fraction of sp³-hybridized carbons (Fsp3) is 0.500. The maximum absolute atomic E-state index is 12.1. The monoisotopic (exact) mass is 343 g/mol. The maximum atomic E-state index is 12.1. The molecule has 0 saturated carbocycles. The molecule has 0 bridgehead atoms. The van der Waals surface area contributed by atoms with Crippen LogP contribution in [0.25, 0.3) is 0 Å². The average Bonchev–Trinajstić information content (AvgIpc) is 2.51. The first-order chi connectivity index (χ1) is 11.2. The van der Waals surface area contributed by atoms with Crippen molar-refractivity contribution < 1.29 is 22.7 Å². The van der Waals surface area contributed by atoms with E-state index in [0.717, 1.165) is 24.2 Å². The minimum absolute atomic E-state index is 0.172. The van der Waals surface area contributed by atoms with Crippen molar-refractivity contribution in [2.45, 2.75) is 45.2 Å². The van der Waals surface area contributed by atoms with E-state index in [4.69, 9.17) is 4.74 Å². The zero-order valence-corrected chi connectivity index (χ0v) is 14.2. The van der Waals surface area contributed by atoms with E-state index in [-0.39, 0.29) is 6.54 Å². The van der Waals surface area contributed by atoms with E-state index < -0.39 is 17.5 Å². The largest absolute Gasteiger partial charge is 0.494 e. The molecule has 0 saturated heterocycles. The third kappa shape index (κ3) is 6.64. The van der Waals surface area contributed by atoms with Crippen LogP contribution in [0, 0.1) is 0 Å². The van der Waals surface area contributed by atoms with Crippen LogP contribution in [0.2, 0.25) is 0 Å². The van der Waals surface area contributed by atoms with Gasteiger partial charge in [0.1, 0.15) is 5.75 Å². The minimum Gasteiger partial charge on any atom is -0.494 e. The van der Waals surface area contributed by atoms with Crippen LogP contribution in [-0.4, -0.2) is 25.2 Å². The van der Waals surface area contributed by atoms with Crippen LogP contribution in [0.3, 0.4) is 0 Å². The van der Waals surface area contributed by atoms with Crippen molar-refractivity contribution in [1.82, 2.24) is 5.32 Å². The molecule has 0 aromatic heterocycles. The number of nitrogens with one attached hydrogen (secondary N) is 1. The maximum Gasteiger partial charge on any atom is 0.471 e. The molecule has 134 valence electrons. The number of hydrogen-bond donors (Lipinski definition) is 1. The lowest BCUT2D eigenvalue weighted by molar-refractivity contribution is -0.173. The number of alkyl halides is 3. The van der Waals surface area contributed by atoms with Crippen molar-refractivity contribution in [2.75, 3.05) is 13.2 Å². The molecule has 0 radical (unpaired) electrons. The van der Waals surface area contributed by atoms with E-state index in [0.29, 0.717) is 6.61 Å². The van der Waals surface area contributed by atoms with Gasteiger partial charge < -0.3 is 10.1 Å².